The molecule has 0 radical (unpaired) electrons. The van der Waals surface area contributed by atoms with Gasteiger partial charge in [0.25, 0.3) is 0 Å². The van der Waals surface area contributed by atoms with Crippen LogP contribution in [0.15, 0.2) is 0 Å². The first-order valence-corrected chi connectivity index (χ1v) is 7.96. The van der Waals surface area contributed by atoms with Gasteiger partial charge in [0, 0.05) is 13.8 Å². The highest BCUT2D eigenvalue weighted by molar-refractivity contribution is 7.48. The van der Waals surface area contributed by atoms with E-state index in [2.05, 4.69) is 19.6 Å². The van der Waals surface area contributed by atoms with Crippen molar-refractivity contribution in [2.45, 2.75) is 19.6 Å². The van der Waals surface area contributed by atoms with Crippen molar-refractivity contribution in [1.29, 1.82) is 0 Å². The zero-order valence-electron chi connectivity index (χ0n) is 6.76. The molecule has 1 atom stereocenters. The van der Waals surface area contributed by atoms with Gasteiger partial charge in [0.15, 0.2) is 16.7 Å². The van der Waals surface area contributed by atoms with Crippen LogP contribution in [0, 0.1) is 0 Å². The highest BCUT2D eigenvalue weighted by Crippen LogP contribution is 2.35. The minimum atomic E-state index is -1.34. The van der Waals surface area contributed by atoms with Gasteiger partial charge in [-0.05, 0) is 19.6 Å². The van der Waals surface area contributed by atoms with E-state index in [1.165, 1.54) is 0 Å². The quantitative estimate of drug-likeness (QED) is 0.473. The summed E-state index contributed by atoms with van der Waals surface area (Å²) in [6.45, 7) is 8.45. The zero-order valence-corrected chi connectivity index (χ0v) is 8.66. The summed E-state index contributed by atoms with van der Waals surface area (Å²) in [4.78, 5) is 0. The first kappa shape index (κ1) is 9.57. The van der Waals surface area contributed by atoms with E-state index in [4.69, 9.17) is 8.74 Å². The van der Waals surface area contributed by atoms with Gasteiger partial charge in [-0.25, -0.2) is 0 Å². The van der Waals surface area contributed by atoms with Crippen LogP contribution in [0.2, 0.25) is 19.6 Å². The average molecular weight is 166 g/mol. The molecule has 0 aromatic heterocycles. The SMILES string of the molecule is COP(C)O[Si](C)(C)C. The summed E-state index contributed by atoms with van der Waals surface area (Å²) in [5.74, 6) is 0. The normalized spacial score (nSPS) is 15.7. The van der Waals surface area contributed by atoms with E-state index in [9.17, 15) is 0 Å². The maximum atomic E-state index is 5.57. The smallest absolute Gasteiger partial charge is 0.191 e. The number of hydrogen-bond acceptors (Lipinski definition) is 2. The van der Waals surface area contributed by atoms with Crippen LogP contribution in [0.25, 0.3) is 0 Å². The van der Waals surface area contributed by atoms with E-state index >= 15 is 0 Å². The average Bonchev–Trinajstić information content (AvgIpc) is 1.62. The van der Waals surface area contributed by atoms with Crippen molar-refractivity contribution in [3.05, 3.63) is 0 Å². The van der Waals surface area contributed by atoms with E-state index in [0.717, 1.165) is 0 Å². The Kier molecular flexibility index (Phi) is 3.90. The first-order chi connectivity index (χ1) is 3.95. The van der Waals surface area contributed by atoms with Crippen molar-refractivity contribution in [2.75, 3.05) is 13.8 Å². The molecule has 0 aliphatic heterocycles. The van der Waals surface area contributed by atoms with Gasteiger partial charge in [-0.15, -0.1) is 0 Å². The molecule has 0 spiro atoms. The van der Waals surface area contributed by atoms with Crippen molar-refractivity contribution >= 4 is 16.7 Å². The van der Waals surface area contributed by atoms with Gasteiger partial charge < -0.3 is 8.74 Å². The van der Waals surface area contributed by atoms with Crippen LogP contribution in [0.5, 0.6) is 0 Å². The van der Waals surface area contributed by atoms with Crippen LogP contribution in [-0.4, -0.2) is 22.1 Å². The maximum absolute atomic E-state index is 5.57. The topological polar surface area (TPSA) is 18.5 Å². The third kappa shape index (κ3) is 6.45. The first-order valence-electron chi connectivity index (χ1n) is 2.92. The maximum Gasteiger partial charge on any atom is 0.191 e. The second kappa shape index (κ2) is 3.67. The lowest BCUT2D eigenvalue weighted by Crippen LogP contribution is -2.22. The van der Waals surface area contributed by atoms with Crippen molar-refractivity contribution < 1.29 is 8.74 Å². The molecule has 0 rings (SSSR count). The molecule has 0 aromatic rings. The molecule has 2 nitrogen and oxygen atoms in total. The molecule has 0 saturated carbocycles. The summed E-state index contributed by atoms with van der Waals surface area (Å²) in [5.41, 5.74) is 0. The Morgan fingerprint density at radius 3 is 1.78 bits per heavy atom. The molecule has 0 heterocycles. The molecule has 0 amide bonds. The molecule has 56 valence electrons. The second-order valence-electron chi connectivity index (χ2n) is 2.83. The van der Waals surface area contributed by atoms with Gasteiger partial charge in [-0.3, -0.25) is 0 Å². The molecular weight excluding hydrogens is 151 g/mol. The molecule has 1 unspecified atom stereocenters. The van der Waals surface area contributed by atoms with E-state index < -0.39 is 16.7 Å². The molecule has 0 aliphatic carbocycles. The molecule has 0 aliphatic rings. The van der Waals surface area contributed by atoms with Crippen molar-refractivity contribution in [3.8, 4) is 0 Å². The van der Waals surface area contributed by atoms with Gasteiger partial charge in [-0.2, -0.15) is 0 Å². The fourth-order valence-corrected chi connectivity index (χ4v) is 3.81. The Morgan fingerprint density at radius 2 is 1.67 bits per heavy atom. The third-order valence-electron chi connectivity index (χ3n) is 0.660. The lowest BCUT2D eigenvalue weighted by atomic mass is 11.8. The van der Waals surface area contributed by atoms with E-state index in [1.54, 1.807) is 7.11 Å². The van der Waals surface area contributed by atoms with Gasteiger partial charge in [0.05, 0.1) is 0 Å². The minimum Gasteiger partial charge on any atom is -0.376 e. The molecule has 0 saturated heterocycles. The Hall–Kier alpha value is 0.567. The van der Waals surface area contributed by atoms with Gasteiger partial charge >= 0.3 is 0 Å². The van der Waals surface area contributed by atoms with Crippen LogP contribution >= 0.6 is 8.38 Å². The minimum absolute atomic E-state index is 0.605. The number of hydrogen-bond donors (Lipinski definition) is 0. The summed E-state index contributed by atoms with van der Waals surface area (Å²) in [6.07, 6.45) is 0. The lowest BCUT2D eigenvalue weighted by Gasteiger charge is -2.20. The fraction of sp³-hybridized carbons (Fsp3) is 1.00. The Morgan fingerprint density at radius 1 is 1.22 bits per heavy atom. The Bertz CT molecular complexity index is 81.5. The molecular formula is C5H15O2PSi. The molecule has 9 heavy (non-hydrogen) atoms. The fourth-order valence-electron chi connectivity index (χ4n) is 0.423. The summed E-state index contributed by atoms with van der Waals surface area (Å²) < 4.78 is 10.6. The number of rotatable bonds is 3. The third-order valence-corrected chi connectivity index (χ3v) is 4.39. The van der Waals surface area contributed by atoms with E-state index in [0.29, 0.717) is 0 Å². The Balaban J connectivity index is 3.47. The van der Waals surface area contributed by atoms with Crippen LogP contribution in [0.4, 0.5) is 0 Å². The van der Waals surface area contributed by atoms with Gasteiger partial charge in [-0.1, -0.05) is 0 Å². The van der Waals surface area contributed by atoms with Crippen molar-refractivity contribution in [3.63, 3.8) is 0 Å². The predicted octanol–water partition coefficient (Wildman–Crippen LogP) is 2.43. The molecule has 0 N–H and O–H groups in total. The lowest BCUT2D eigenvalue weighted by molar-refractivity contribution is 0.399. The van der Waals surface area contributed by atoms with Crippen LogP contribution in [-0.2, 0) is 8.74 Å². The standard InChI is InChI=1S/C5H15O2PSi/c1-6-8(2)7-9(3,4)5/h1-5H3. The highest BCUT2D eigenvalue weighted by atomic mass is 31.2. The predicted molar refractivity (Wildman–Crippen MR) is 44.3 cm³/mol. The highest BCUT2D eigenvalue weighted by Gasteiger charge is 2.17. The summed E-state index contributed by atoms with van der Waals surface area (Å²) in [6, 6.07) is 0. The second-order valence-corrected chi connectivity index (χ2v) is 9.03. The summed E-state index contributed by atoms with van der Waals surface area (Å²) in [7, 11) is -0.256. The van der Waals surface area contributed by atoms with E-state index in [-0.39, 0.29) is 0 Å². The van der Waals surface area contributed by atoms with Crippen molar-refractivity contribution in [1.82, 2.24) is 0 Å². The summed E-state index contributed by atoms with van der Waals surface area (Å²) in [5, 5.41) is 0. The van der Waals surface area contributed by atoms with Crippen LogP contribution in [0.1, 0.15) is 0 Å². The van der Waals surface area contributed by atoms with Crippen molar-refractivity contribution in [2.24, 2.45) is 0 Å². The summed E-state index contributed by atoms with van der Waals surface area (Å²) >= 11 is 0. The Labute approximate surface area is 59.6 Å². The molecule has 0 bridgehead atoms. The van der Waals surface area contributed by atoms with E-state index in [1.807, 2.05) is 6.66 Å². The van der Waals surface area contributed by atoms with Gasteiger partial charge in [0.2, 0.25) is 0 Å². The zero-order chi connectivity index (χ0) is 7.49. The monoisotopic (exact) mass is 166 g/mol. The van der Waals surface area contributed by atoms with Crippen LogP contribution < -0.4 is 0 Å². The van der Waals surface area contributed by atoms with Crippen LogP contribution in [0.3, 0.4) is 0 Å². The van der Waals surface area contributed by atoms with Gasteiger partial charge in [0.1, 0.15) is 0 Å². The molecule has 0 aromatic carbocycles. The molecule has 4 heteroatoms. The largest absolute Gasteiger partial charge is 0.376 e. The molecule has 0 fully saturated rings.